The Labute approximate surface area is 151 Å². The fraction of sp³-hybridized carbons (Fsp3) is 0.294. The first-order valence-electron chi connectivity index (χ1n) is 7.91. The number of rotatable bonds is 5. The Kier molecular flexibility index (Phi) is 5.12. The summed E-state index contributed by atoms with van der Waals surface area (Å²) in [7, 11) is -3.67. The predicted molar refractivity (Wildman–Crippen MR) is 96.4 cm³/mol. The van der Waals surface area contributed by atoms with Gasteiger partial charge in [-0.25, -0.2) is 8.42 Å². The van der Waals surface area contributed by atoms with Crippen LogP contribution in [-0.4, -0.2) is 30.7 Å². The van der Waals surface area contributed by atoms with Crippen LogP contribution >= 0.6 is 11.8 Å². The van der Waals surface area contributed by atoms with Crippen molar-refractivity contribution >= 4 is 27.5 Å². The van der Waals surface area contributed by atoms with Crippen molar-refractivity contribution in [2.75, 3.05) is 13.1 Å². The fourth-order valence-corrected chi connectivity index (χ4v) is 5.14. The molecule has 25 heavy (non-hydrogen) atoms. The van der Waals surface area contributed by atoms with E-state index in [0.717, 1.165) is 23.3 Å². The van der Waals surface area contributed by atoms with Gasteiger partial charge in [0.15, 0.2) is 0 Å². The van der Waals surface area contributed by atoms with Crippen LogP contribution in [-0.2, 0) is 10.0 Å². The third-order valence-electron chi connectivity index (χ3n) is 4.08. The number of sulfonamides is 1. The minimum atomic E-state index is -3.67. The normalized spacial score (nSPS) is 15.4. The molecule has 2 aromatic carbocycles. The molecule has 1 fully saturated rings. The van der Waals surface area contributed by atoms with Crippen molar-refractivity contribution in [3.8, 4) is 0 Å². The van der Waals surface area contributed by atoms with Crippen LogP contribution in [0.2, 0.25) is 0 Å². The molecule has 0 N–H and O–H groups in total. The van der Waals surface area contributed by atoms with Crippen molar-refractivity contribution in [2.24, 2.45) is 0 Å². The first-order valence-corrected chi connectivity index (χ1v) is 10.2. The largest absolute Gasteiger partial charge is 0.284 e. The summed E-state index contributed by atoms with van der Waals surface area (Å²) in [5.41, 5.74) is 0.914. The maximum Gasteiger partial charge on any atom is 0.284 e. The number of aryl methyl sites for hydroxylation is 1. The number of nitrogens with zero attached hydrogens (tertiary/aromatic N) is 2. The minimum Gasteiger partial charge on any atom is -0.258 e. The number of hydrogen-bond acceptors (Lipinski definition) is 5. The third-order valence-corrected chi connectivity index (χ3v) is 7.05. The van der Waals surface area contributed by atoms with Crippen LogP contribution in [0.5, 0.6) is 0 Å². The zero-order valence-electron chi connectivity index (χ0n) is 13.7. The minimum absolute atomic E-state index is 0.0191. The lowest BCUT2D eigenvalue weighted by atomic mass is 10.2. The van der Waals surface area contributed by atoms with E-state index in [-0.39, 0.29) is 10.6 Å². The molecule has 1 aliphatic rings. The Bertz CT molecular complexity index is 889. The van der Waals surface area contributed by atoms with Crippen molar-refractivity contribution in [2.45, 2.75) is 34.5 Å². The van der Waals surface area contributed by atoms with Gasteiger partial charge in [0.05, 0.1) is 14.7 Å². The number of hydrogen-bond donors (Lipinski definition) is 0. The van der Waals surface area contributed by atoms with E-state index in [1.54, 1.807) is 0 Å². The smallest absolute Gasteiger partial charge is 0.258 e. The Balaban J connectivity index is 1.95. The van der Waals surface area contributed by atoms with Gasteiger partial charge in [-0.2, -0.15) is 4.31 Å². The lowest BCUT2D eigenvalue weighted by molar-refractivity contribution is -0.388. The molecule has 0 saturated carbocycles. The molecule has 0 spiro atoms. The van der Waals surface area contributed by atoms with Gasteiger partial charge in [-0.15, -0.1) is 0 Å². The van der Waals surface area contributed by atoms with Crippen LogP contribution in [0.15, 0.2) is 57.2 Å². The van der Waals surface area contributed by atoms with Crippen LogP contribution in [0.1, 0.15) is 18.4 Å². The van der Waals surface area contributed by atoms with Gasteiger partial charge in [0.1, 0.15) is 0 Å². The standard InChI is InChI=1S/C17H18N2O4S2/c1-13-4-6-14(7-5-13)24-17-9-8-15(12-16(17)19(20)21)25(22,23)18-10-2-3-11-18/h4-9,12H,2-3,10-11H2,1H3. The number of nitro benzene ring substituents is 1. The summed E-state index contributed by atoms with van der Waals surface area (Å²) in [4.78, 5) is 12.2. The zero-order chi connectivity index (χ0) is 18.0. The van der Waals surface area contributed by atoms with E-state index in [9.17, 15) is 18.5 Å². The molecule has 8 heteroatoms. The van der Waals surface area contributed by atoms with E-state index < -0.39 is 14.9 Å². The average molecular weight is 378 g/mol. The van der Waals surface area contributed by atoms with Crippen LogP contribution in [0.4, 0.5) is 5.69 Å². The van der Waals surface area contributed by atoms with Gasteiger partial charge in [-0.05, 0) is 44.0 Å². The van der Waals surface area contributed by atoms with Crippen LogP contribution < -0.4 is 0 Å². The zero-order valence-corrected chi connectivity index (χ0v) is 15.3. The SMILES string of the molecule is Cc1ccc(Sc2ccc(S(=O)(=O)N3CCCC3)cc2[N+](=O)[O-])cc1. The Hall–Kier alpha value is -1.90. The molecule has 1 saturated heterocycles. The first kappa shape index (κ1) is 17.9. The fourth-order valence-electron chi connectivity index (χ4n) is 2.70. The molecule has 132 valence electrons. The number of nitro groups is 1. The highest BCUT2D eigenvalue weighted by molar-refractivity contribution is 7.99. The van der Waals surface area contributed by atoms with Crippen molar-refractivity contribution in [3.05, 3.63) is 58.1 Å². The molecule has 0 atom stereocenters. The van der Waals surface area contributed by atoms with E-state index in [1.807, 2.05) is 31.2 Å². The van der Waals surface area contributed by atoms with Gasteiger partial charge in [-0.1, -0.05) is 29.5 Å². The Morgan fingerprint density at radius 3 is 2.32 bits per heavy atom. The first-order chi connectivity index (χ1) is 11.9. The third kappa shape index (κ3) is 3.86. The van der Waals surface area contributed by atoms with Crippen LogP contribution in [0, 0.1) is 17.0 Å². The summed E-state index contributed by atoms with van der Waals surface area (Å²) >= 11 is 1.25. The van der Waals surface area contributed by atoms with E-state index in [0.29, 0.717) is 18.0 Å². The summed E-state index contributed by atoms with van der Waals surface area (Å²) in [6.45, 7) is 2.90. The Morgan fingerprint density at radius 1 is 1.08 bits per heavy atom. The second-order valence-electron chi connectivity index (χ2n) is 5.91. The molecule has 1 aliphatic heterocycles. The van der Waals surface area contributed by atoms with Gasteiger partial charge in [-0.3, -0.25) is 10.1 Å². The highest BCUT2D eigenvalue weighted by Crippen LogP contribution is 2.37. The van der Waals surface area contributed by atoms with E-state index in [1.165, 1.54) is 34.3 Å². The second kappa shape index (κ2) is 7.15. The highest BCUT2D eigenvalue weighted by Gasteiger charge is 2.29. The maximum atomic E-state index is 12.6. The van der Waals surface area contributed by atoms with E-state index in [2.05, 4.69) is 0 Å². The second-order valence-corrected chi connectivity index (χ2v) is 8.97. The van der Waals surface area contributed by atoms with Crippen molar-refractivity contribution < 1.29 is 13.3 Å². The molecule has 0 aromatic heterocycles. The topological polar surface area (TPSA) is 80.5 Å². The monoisotopic (exact) mass is 378 g/mol. The summed E-state index contributed by atoms with van der Waals surface area (Å²) in [5.74, 6) is 0. The molecule has 0 bridgehead atoms. The molecule has 0 aliphatic carbocycles. The highest BCUT2D eigenvalue weighted by atomic mass is 32.2. The lowest BCUT2D eigenvalue weighted by Gasteiger charge is -2.15. The Morgan fingerprint density at radius 2 is 1.72 bits per heavy atom. The molecule has 0 unspecified atom stereocenters. The van der Waals surface area contributed by atoms with Gasteiger partial charge < -0.3 is 0 Å². The molecular formula is C17H18N2O4S2. The molecule has 6 nitrogen and oxygen atoms in total. The van der Waals surface area contributed by atoms with E-state index >= 15 is 0 Å². The van der Waals surface area contributed by atoms with Gasteiger partial charge in [0, 0.05) is 24.1 Å². The van der Waals surface area contributed by atoms with E-state index in [4.69, 9.17) is 0 Å². The average Bonchev–Trinajstić information content (AvgIpc) is 3.12. The van der Waals surface area contributed by atoms with Gasteiger partial charge >= 0.3 is 0 Å². The van der Waals surface area contributed by atoms with Crippen molar-refractivity contribution in [3.63, 3.8) is 0 Å². The lowest BCUT2D eigenvalue weighted by Crippen LogP contribution is -2.27. The van der Waals surface area contributed by atoms with Gasteiger partial charge in [0.25, 0.3) is 5.69 Å². The quantitative estimate of drug-likeness (QED) is 0.583. The molecule has 0 radical (unpaired) electrons. The number of benzene rings is 2. The summed E-state index contributed by atoms with van der Waals surface area (Å²) in [6.07, 6.45) is 1.64. The molecule has 2 aromatic rings. The summed E-state index contributed by atoms with van der Waals surface area (Å²) in [5, 5.41) is 11.5. The van der Waals surface area contributed by atoms with Crippen molar-refractivity contribution in [1.29, 1.82) is 0 Å². The molecule has 3 rings (SSSR count). The van der Waals surface area contributed by atoms with Crippen molar-refractivity contribution in [1.82, 2.24) is 4.31 Å². The summed E-state index contributed by atoms with van der Waals surface area (Å²) < 4.78 is 26.6. The molecule has 1 heterocycles. The van der Waals surface area contributed by atoms with Gasteiger partial charge in [0.2, 0.25) is 10.0 Å². The van der Waals surface area contributed by atoms with Crippen LogP contribution in [0.3, 0.4) is 0 Å². The maximum absolute atomic E-state index is 12.6. The van der Waals surface area contributed by atoms with Crippen LogP contribution in [0.25, 0.3) is 0 Å². The molecule has 0 amide bonds. The molecular weight excluding hydrogens is 360 g/mol. The predicted octanol–water partition coefficient (Wildman–Crippen LogP) is 3.84. The summed E-state index contributed by atoms with van der Waals surface area (Å²) in [6, 6.07) is 11.8.